The third-order valence-corrected chi connectivity index (χ3v) is 3.99. The molecule has 2 aliphatic rings. The van der Waals surface area contributed by atoms with Gasteiger partial charge in [-0.3, -0.25) is 9.59 Å². The van der Waals surface area contributed by atoms with Crippen LogP contribution in [0.5, 0.6) is 0 Å². The number of carbonyl (C=O) groups excluding carboxylic acids is 2. The first-order valence-corrected chi connectivity index (χ1v) is 6.69. The minimum absolute atomic E-state index is 0.172. The number of rotatable bonds is 3. The highest BCUT2D eigenvalue weighted by Gasteiger charge is 2.37. The molecule has 1 unspecified atom stereocenters. The van der Waals surface area contributed by atoms with E-state index in [1.54, 1.807) is 0 Å². The van der Waals surface area contributed by atoms with Gasteiger partial charge in [0.15, 0.2) is 0 Å². The lowest BCUT2D eigenvalue weighted by Gasteiger charge is -2.32. The van der Waals surface area contributed by atoms with Gasteiger partial charge in [-0.15, -0.1) is 0 Å². The molecule has 100 valence electrons. The lowest BCUT2D eigenvalue weighted by molar-refractivity contribution is -0.156. The number of carbonyl (C=O) groups is 3. The first-order chi connectivity index (χ1) is 8.61. The maximum atomic E-state index is 12.1. The molecule has 1 heterocycles. The minimum Gasteiger partial charge on any atom is -0.480 e. The van der Waals surface area contributed by atoms with Crippen LogP contribution in [-0.2, 0) is 14.4 Å². The summed E-state index contributed by atoms with van der Waals surface area (Å²) in [6, 6.07) is -0.809. The number of likely N-dealkylation sites (tertiary alicyclic amines) is 1. The molecule has 0 bridgehead atoms. The molecule has 0 aromatic rings. The van der Waals surface area contributed by atoms with E-state index in [-0.39, 0.29) is 11.7 Å². The molecule has 1 aliphatic carbocycles. The smallest absolute Gasteiger partial charge is 0.326 e. The third kappa shape index (κ3) is 2.54. The third-order valence-electron chi connectivity index (χ3n) is 3.99. The van der Waals surface area contributed by atoms with Gasteiger partial charge in [0.2, 0.25) is 5.78 Å². The van der Waals surface area contributed by atoms with Crippen LogP contribution >= 0.6 is 0 Å². The number of carboxylic acids is 1. The van der Waals surface area contributed by atoms with Gasteiger partial charge >= 0.3 is 5.97 Å². The fourth-order valence-electron chi connectivity index (χ4n) is 2.94. The number of piperidine rings is 1. The summed E-state index contributed by atoms with van der Waals surface area (Å²) in [6.45, 7) is 0.397. The Kier molecular flexibility index (Phi) is 3.99. The molecule has 5 nitrogen and oxygen atoms in total. The summed E-state index contributed by atoms with van der Waals surface area (Å²) in [5, 5.41) is 9.10. The van der Waals surface area contributed by atoms with E-state index in [1.165, 1.54) is 4.90 Å². The maximum Gasteiger partial charge on any atom is 0.326 e. The Morgan fingerprint density at radius 1 is 0.944 bits per heavy atom. The Morgan fingerprint density at radius 3 is 2.17 bits per heavy atom. The molecule has 1 aliphatic heterocycles. The standard InChI is InChI=1S/C13H19NO4/c15-11(9-5-1-2-6-9)12(16)14-8-4-3-7-10(14)13(17)18/h9-10H,1-8H2,(H,17,18). The van der Waals surface area contributed by atoms with Gasteiger partial charge in [0, 0.05) is 12.5 Å². The van der Waals surface area contributed by atoms with Crippen molar-refractivity contribution in [2.75, 3.05) is 6.54 Å². The summed E-state index contributed by atoms with van der Waals surface area (Å²) in [7, 11) is 0. The molecule has 18 heavy (non-hydrogen) atoms. The summed E-state index contributed by atoms with van der Waals surface area (Å²) in [5.41, 5.74) is 0. The fraction of sp³-hybridized carbons (Fsp3) is 0.769. The summed E-state index contributed by atoms with van der Waals surface area (Å²) >= 11 is 0. The molecule has 1 N–H and O–H groups in total. The normalized spacial score (nSPS) is 25.1. The number of Topliss-reactive ketones (excluding diaryl/α,β-unsaturated/α-hetero) is 1. The molecule has 0 aromatic carbocycles. The summed E-state index contributed by atoms with van der Waals surface area (Å²) in [6.07, 6.45) is 5.58. The van der Waals surface area contributed by atoms with Gasteiger partial charge in [0.25, 0.3) is 5.91 Å². The maximum absolute atomic E-state index is 12.1. The molecular formula is C13H19NO4. The van der Waals surface area contributed by atoms with Gasteiger partial charge in [-0.25, -0.2) is 4.79 Å². The average Bonchev–Trinajstić information content (AvgIpc) is 2.90. The molecule has 0 spiro atoms. The van der Waals surface area contributed by atoms with Crippen LogP contribution < -0.4 is 0 Å². The molecular weight excluding hydrogens is 234 g/mol. The number of ketones is 1. The van der Waals surface area contributed by atoms with Crippen LogP contribution in [-0.4, -0.2) is 40.3 Å². The number of hydrogen-bond donors (Lipinski definition) is 1. The van der Waals surface area contributed by atoms with E-state index in [4.69, 9.17) is 5.11 Å². The van der Waals surface area contributed by atoms with E-state index in [9.17, 15) is 14.4 Å². The van der Waals surface area contributed by atoms with Crippen LogP contribution in [0.1, 0.15) is 44.9 Å². The van der Waals surface area contributed by atoms with Gasteiger partial charge in [0.1, 0.15) is 6.04 Å². The van der Waals surface area contributed by atoms with Gasteiger partial charge in [-0.05, 0) is 32.1 Å². The SMILES string of the molecule is O=C(C(=O)N1CCCCC1C(=O)O)C1CCCC1. The van der Waals surface area contributed by atoms with Crippen molar-refractivity contribution in [2.24, 2.45) is 5.92 Å². The van der Waals surface area contributed by atoms with E-state index >= 15 is 0 Å². The van der Waals surface area contributed by atoms with Crippen molar-refractivity contribution in [3.8, 4) is 0 Å². The Balaban J connectivity index is 2.05. The zero-order chi connectivity index (χ0) is 13.1. The van der Waals surface area contributed by atoms with E-state index in [2.05, 4.69) is 0 Å². The van der Waals surface area contributed by atoms with E-state index in [1.807, 2.05) is 0 Å². The predicted molar refractivity (Wildman–Crippen MR) is 64.0 cm³/mol. The topological polar surface area (TPSA) is 74.7 Å². The molecule has 2 fully saturated rings. The van der Waals surface area contributed by atoms with Crippen molar-refractivity contribution >= 4 is 17.7 Å². The molecule has 2 rings (SSSR count). The van der Waals surface area contributed by atoms with Crippen LogP contribution in [0.3, 0.4) is 0 Å². The van der Waals surface area contributed by atoms with Crippen molar-refractivity contribution in [1.29, 1.82) is 0 Å². The van der Waals surface area contributed by atoms with Crippen molar-refractivity contribution in [2.45, 2.75) is 51.0 Å². The molecule has 1 saturated heterocycles. The molecule has 1 saturated carbocycles. The van der Waals surface area contributed by atoms with Gasteiger partial charge in [-0.2, -0.15) is 0 Å². The highest BCUT2D eigenvalue weighted by atomic mass is 16.4. The zero-order valence-corrected chi connectivity index (χ0v) is 10.4. The monoisotopic (exact) mass is 253 g/mol. The fourth-order valence-corrected chi connectivity index (χ4v) is 2.94. The van der Waals surface area contributed by atoms with Crippen LogP contribution in [0.15, 0.2) is 0 Å². The number of amides is 1. The van der Waals surface area contributed by atoms with Crippen LogP contribution in [0.25, 0.3) is 0 Å². The average molecular weight is 253 g/mol. The van der Waals surface area contributed by atoms with E-state index in [0.29, 0.717) is 13.0 Å². The van der Waals surface area contributed by atoms with Crippen LogP contribution in [0.2, 0.25) is 0 Å². The molecule has 5 heteroatoms. The van der Waals surface area contributed by atoms with Crippen LogP contribution in [0.4, 0.5) is 0 Å². The summed E-state index contributed by atoms with van der Waals surface area (Å²) in [4.78, 5) is 36.5. The predicted octanol–water partition coefficient (Wildman–Crippen LogP) is 1.21. The number of hydrogen-bond acceptors (Lipinski definition) is 3. The largest absolute Gasteiger partial charge is 0.480 e. The minimum atomic E-state index is -0.998. The Hall–Kier alpha value is -1.39. The van der Waals surface area contributed by atoms with Crippen molar-refractivity contribution in [3.05, 3.63) is 0 Å². The zero-order valence-electron chi connectivity index (χ0n) is 10.4. The molecule has 1 atom stereocenters. The molecule has 0 aromatic heterocycles. The molecule has 0 radical (unpaired) electrons. The van der Waals surface area contributed by atoms with Gasteiger partial charge < -0.3 is 10.0 Å². The summed E-state index contributed by atoms with van der Waals surface area (Å²) in [5.74, 6) is -2.12. The lowest BCUT2D eigenvalue weighted by atomic mass is 9.97. The van der Waals surface area contributed by atoms with Crippen molar-refractivity contribution in [1.82, 2.24) is 4.90 Å². The van der Waals surface area contributed by atoms with E-state index in [0.717, 1.165) is 38.5 Å². The Morgan fingerprint density at radius 2 is 1.56 bits per heavy atom. The highest BCUT2D eigenvalue weighted by molar-refractivity contribution is 6.37. The second kappa shape index (κ2) is 5.50. The van der Waals surface area contributed by atoms with Crippen molar-refractivity contribution in [3.63, 3.8) is 0 Å². The quantitative estimate of drug-likeness (QED) is 0.767. The lowest BCUT2D eigenvalue weighted by Crippen LogP contribution is -2.51. The van der Waals surface area contributed by atoms with Crippen LogP contribution in [0, 0.1) is 5.92 Å². The number of carboxylic acid groups (broad SMARTS) is 1. The van der Waals surface area contributed by atoms with Gasteiger partial charge in [-0.1, -0.05) is 12.8 Å². The first-order valence-electron chi connectivity index (χ1n) is 6.69. The summed E-state index contributed by atoms with van der Waals surface area (Å²) < 4.78 is 0. The Bertz CT molecular complexity index is 360. The van der Waals surface area contributed by atoms with Gasteiger partial charge in [0.05, 0.1) is 0 Å². The Labute approximate surface area is 106 Å². The number of aliphatic carboxylic acids is 1. The van der Waals surface area contributed by atoms with E-state index < -0.39 is 17.9 Å². The first kappa shape index (κ1) is 13.1. The van der Waals surface area contributed by atoms with Crippen molar-refractivity contribution < 1.29 is 19.5 Å². The second-order valence-corrected chi connectivity index (χ2v) is 5.19. The molecule has 1 amide bonds. The second-order valence-electron chi connectivity index (χ2n) is 5.19. The number of nitrogens with zero attached hydrogens (tertiary/aromatic N) is 1. The highest BCUT2D eigenvalue weighted by Crippen LogP contribution is 2.27.